The Balaban J connectivity index is 2.61. The standard InChI is InChI=1S/C22H36O3/c1-5-7-9-11-15-19(14-8-6-2)18-25-21(23)22(3,24-4)20-16-12-10-13-17-20/h10,12-13,16-17,19H,5-9,11,14-15,18H2,1-4H3. The highest BCUT2D eigenvalue weighted by Crippen LogP contribution is 2.27. The van der Waals surface area contributed by atoms with Gasteiger partial charge in [0.2, 0.25) is 0 Å². The van der Waals surface area contributed by atoms with Crippen LogP contribution in [-0.4, -0.2) is 19.7 Å². The topological polar surface area (TPSA) is 35.5 Å². The van der Waals surface area contributed by atoms with Gasteiger partial charge < -0.3 is 9.47 Å². The molecule has 1 rings (SSSR count). The van der Waals surface area contributed by atoms with Crippen LogP contribution in [0.15, 0.2) is 30.3 Å². The molecule has 1 aromatic carbocycles. The molecule has 0 heterocycles. The third-order valence-corrected chi connectivity index (χ3v) is 5.00. The number of unbranched alkanes of at least 4 members (excludes halogenated alkanes) is 4. The Kier molecular flexibility index (Phi) is 10.5. The van der Waals surface area contributed by atoms with E-state index in [1.54, 1.807) is 14.0 Å². The van der Waals surface area contributed by atoms with Crippen molar-refractivity contribution in [1.82, 2.24) is 0 Å². The lowest BCUT2D eigenvalue weighted by Crippen LogP contribution is -2.37. The number of benzene rings is 1. The summed E-state index contributed by atoms with van der Waals surface area (Å²) in [4.78, 5) is 12.7. The molecule has 0 aliphatic heterocycles. The molecule has 0 amide bonds. The summed E-state index contributed by atoms with van der Waals surface area (Å²) in [6.45, 7) is 6.72. The van der Waals surface area contributed by atoms with Crippen molar-refractivity contribution < 1.29 is 14.3 Å². The number of ether oxygens (including phenoxy) is 2. The first-order valence-corrected chi connectivity index (χ1v) is 9.86. The monoisotopic (exact) mass is 348 g/mol. The Morgan fingerprint density at radius 3 is 2.24 bits per heavy atom. The quantitative estimate of drug-likeness (QED) is 0.330. The first-order chi connectivity index (χ1) is 12.1. The Labute approximate surface area is 154 Å². The maximum Gasteiger partial charge on any atom is 0.342 e. The van der Waals surface area contributed by atoms with Crippen LogP contribution in [0.5, 0.6) is 0 Å². The van der Waals surface area contributed by atoms with E-state index in [2.05, 4.69) is 13.8 Å². The smallest absolute Gasteiger partial charge is 0.342 e. The summed E-state index contributed by atoms with van der Waals surface area (Å²) in [5.74, 6) is 0.161. The van der Waals surface area contributed by atoms with E-state index in [1.165, 1.54) is 38.5 Å². The number of carbonyl (C=O) groups excluding carboxylic acids is 1. The first-order valence-electron chi connectivity index (χ1n) is 9.86. The van der Waals surface area contributed by atoms with Crippen LogP contribution in [0.25, 0.3) is 0 Å². The van der Waals surface area contributed by atoms with Crippen LogP contribution >= 0.6 is 0 Å². The Hall–Kier alpha value is -1.35. The molecule has 3 nitrogen and oxygen atoms in total. The number of esters is 1. The molecule has 25 heavy (non-hydrogen) atoms. The zero-order chi connectivity index (χ0) is 18.5. The van der Waals surface area contributed by atoms with Crippen molar-refractivity contribution in [3.8, 4) is 0 Å². The minimum atomic E-state index is -1.04. The highest BCUT2D eigenvalue weighted by molar-refractivity contribution is 5.80. The van der Waals surface area contributed by atoms with Crippen molar-refractivity contribution >= 4 is 5.97 Å². The second-order valence-corrected chi connectivity index (χ2v) is 7.06. The van der Waals surface area contributed by atoms with Crippen LogP contribution in [0.2, 0.25) is 0 Å². The second-order valence-electron chi connectivity index (χ2n) is 7.06. The Morgan fingerprint density at radius 1 is 1.00 bits per heavy atom. The van der Waals surface area contributed by atoms with Gasteiger partial charge in [-0.1, -0.05) is 82.7 Å². The first kappa shape index (κ1) is 21.7. The third-order valence-electron chi connectivity index (χ3n) is 5.00. The van der Waals surface area contributed by atoms with Gasteiger partial charge in [-0.3, -0.25) is 0 Å². The molecule has 0 bridgehead atoms. The maximum absolute atomic E-state index is 12.7. The van der Waals surface area contributed by atoms with Gasteiger partial charge in [-0.15, -0.1) is 0 Å². The molecule has 0 aliphatic rings. The minimum absolute atomic E-state index is 0.295. The fraction of sp³-hybridized carbons (Fsp3) is 0.682. The van der Waals surface area contributed by atoms with Crippen LogP contribution in [0.4, 0.5) is 0 Å². The molecule has 0 saturated heterocycles. The molecular formula is C22H36O3. The molecule has 2 atom stereocenters. The summed E-state index contributed by atoms with van der Waals surface area (Å²) < 4.78 is 11.2. The van der Waals surface area contributed by atoms with E-state index in [-0.39, 0.29) is 5.97 Å². The van der Waals surface area contributed by atoms with E-state index < -0.39 is 5.60 Å². The molecule has 0 aliphatic carbocycles. The number of carbonyl (C=O) groups is 1. The molecule has 0 aromatic heterocycles. The molecule has 142 valence electrons. The third kappa shape index (κ3) is 7.19. The van der Waals surface area contributed by atoms with Gasteiger partial charge >= 0.3 is 5.97 Å². The largest absolute Gasteiger partial charge is 0.463 e. The van der Waals surface area contributed by atoms with E-state index in [9.17, 15) is 4.79 Å². The lowest BCUT2D eigenvalue weighted by molar-refractivity contribution is -0.170. The van der Waals surface area contributed by atoms with Crippen LogP contribution in [0.3, 0.4) is 0 Å². The Morgan fingerprint density at radius 2 is 1.64 bits per heavy atom. The molecule has 0 spiro atoms. The van der Waals surface area contributed by atoms with Gasteiger partial charge in [-0.25, -0.2) is 4.79 Å². The van der Waals surface area contributed by atoms with Crippen LogP contribution in [-0.2, 0) is 19.9 Å². The summed E-state index contributed by atoms with van der Waals surface area (Å²) in [7, 11) is 1.56. The highest BCUT2D eigenvalue weighted by atomic mass is 16.6. The average molecular weight is 349 g/mol. The van der Waals surface area contributed by atoms with Crippen molar-refractivity contribution in [1.29, 1.82) is 0 Å². The van der Waals surface area contributed by atoms with Crippen molar-refractivity contribution in [2.45, 2.75) is 77.7 Å². The SMILES string of the molecule is CCCCCCC(CCCC)COC(=O)C(C)(OC)c1ccccc1. The average Bonchev–Trinajstić information content (AvgIpc) is 2.66. The number of methoxy groups -OCH3 is 1. The lowest BCUT2D eigenvalue weighted by atomic mass is 9.94. The molecular weight excluding hydrogens is 312 g/mol. The van der Waals surface area contributed by atoms with Crippen LogP contribution in [0.1, 0.15) is 77.7 Å². The molecule has 0 fully saturated rings. The number of rotatable bonds is 13. The summed E-state index contributed by atoms with van der Waals surface area (Å²) in [6, 6.07) is 9.57. The zero-order valence-corrected chi connectivity index (χ0v) is 16.6. The van der Waals surface area contributed by atoms with Crippen molar-refractivity contribution in [3.05, 3.63) is 35.9 Å². The fourth-order valence-electron chi connectivity index (χ4n) is 3.07. The molecule has 1 aromatic rings. The normalized spacial score (nSPS) is 14.7. The number of hydrogen-bond acceptors (Lipinski definition) is 3. The van der Waals surface area contributed by atoms with Gasteiger partial charge in [0.05, 0.1) is 6.61 Å². The Bertz CT molecular complexity index is 471. The second kappa shape index (κ2) is 12.1. The maximum atomic E-state index is 12.7. The summed E-state index contributed by atoms with van der Waals surface area (Å²) in [5, 5.41) is 0. The lowest BCUT2D eigenvalue weighted by Gasteiger charge is -2.27. The summed E-state index contributed by atoms with van der Waals surface area (Å²) in [5.41, 5.74) is -0.214. The van der Waals surface area contributed by atoms with E-state index >= 15 is 0 Å². The van der Waals surface area contributed by atoms with E-state index in [4.69, 9.17) is 9.47 Å². The molecule has 3 heteroatoms. The van der Waals surface area contributed by atoms with Gasteiger partial charge in [0.15, 0.2) is 5.60 Å². The summed E-state index contributed by atoms with van der Waals surface area (Å²) in [6.07, 6.45) is 9.67. The van der Waals surface area contributed by atoms with Gasteiger partial charge in [-0.2, -0.15) is 0 Å². The van der Waals surface area contributed by atoms with Gasteiger partial charge in [0.1, 0.15) is 0 Å². The van der Waals surface area contributed by atoms with Crippen molar-refractivity contribution in [2.24, 2.45) is 5.92 Å². The predicted molar refractivity (Wildman–Crippen MR) is 104 cm³/mol. The molecule has 0 saturated carbocycles. The van der Waals surface area contributed by atoms with E-state index in [1.807, 2.05) is 30.3 Å². The molecule has 0 radical (unpaired) electrons. The number of hydrogen-bond donors (Lipinski definition) is 0. The van der Waals surface area contributed by atoms with Gasteiger partial charge in [0.25, 0.3) is 0 Å². The van der Waals surface area contributed by atoms with Gasteiger partial charge in [-0.05, 0) is 31.2 Å². The summed E-state index contributed by atoms with van der Waals surface area (Å²) >= 11 is 0. The predicted octanol–water partition coefficient (Wildman–Crippen LogP) is 5.87. The van der Waals surface area contributed by atoms with Gasteiger partial charge in [0, 0.05) is 7.11 Å². The zero-order valence-electron chi connectivity index (χ0n) is 16.6. The molecule has 2 unspecified atom stereocenters. The van der Waals surface area contributed by atoms with E-state index in [0.29, 0.717) is 12.5 Å². The minimum Gasteiger partial charge on any atom is -0.463 e. The van der Waals surface area contributed by atoms with Crippen molar-refractivity contribution in [3.63, 3.8) is 0 Å². The van der Waals surface area contributed by atoms with Crippen LogP contribution < -0.4 is 0 Å². The van der Waals surface area contributed by atoms with Crippen LogP contribution in [0, 0.1) is 5.92 Å². The van der Waals surface area contributed by atoms with E-state index in [0.717, 1.165) is 18.4 Å². The molecule has 0 N–H and O–H groups in total. The fourth-order valence-corrected chi connectivity index (χ4v) is 3.07. The highest BCUT2D eigenvalue weighted by Gasteiger charge is 2.37. The van der Waals surface area contributed by atoms with Crippen molar-refractivity contribution in [2.75, 3.05) is 13.7 Å².